The molecule has 0 aliphatic carbocycles. The van der Waals surface area contributed by atoms with E-state index in [-0.39, 0.29) is 0 Å². The second-order valence-electron chi connectivity index (χ2n) is 3.22. The molecule has 0 bridgehead atoms. The van der Waals surface area contributed by atoms with Crippen LogP contribution in [-0.2, 0) is 0 Å². The first-order chi connectivity index (χ1) is 5.24. The van der Waals surface area contributed by atoms with Crippen molar-refractivity contribution in [2.45, 2.75) is 38.5 Å². The molecule has 0 aromatic rings. The monoisotopic (exact) mass is 160 g/mol. The number of hydrogen-bond donors (Lipinski definition) is 1. The van der Waals surface area contributed by atoms with Gasteiger partial charge in [-0.25, -0.2) is 4.39 Å². The van der Waals surface area contributed by atoms with E-state index in [1.54, 1.807) is 0 Å². The number of likely N-dealkylation sites (tertiary alicyclic amines) is 1. The topological polar surface area (TPSA) is 29.3 Å². The Labute approximate surface area is 67.6 Å². The highest BCUT2D eigenvalue weighted by Crippen LogP contribution is 2.13. The summed E-state index contributed by atoms with van der Waals surface area (Å²) < 4.78 is 13.0. The molecule has 11 heavy (non-hydrogen) atoms. The number of alkyl halides is 1. The third-order valence-corrected chi connectivity index (χ3v) is 2.31. The Balaban J connectivity index is 2.27. The zero-order chi connectivity index (χ0) is 8.27. The lowest BCUT2D eigenvalue weighted by Gasteiger charge is -2.31. The van der Waals surface area contributed by atoms with Gasteiger partial charge in [-0.3, -0.25) is 4.90 Å². The van der Waals surface area contributed by atoms with Crippen LogP contribution < -0.4 is 5.73 Å². The van der Waals surface area contributed by atoms with Crippen LogP contribution >= 0.6 is 0 Å². The van der Waals surface area contributed by atoms with Crippen molar-refractivity contribution < 1.29 is 4.39 Å². The van der Waals surface area contributed by atoms with Crippen LogP contribution in [0.5, 0.6) is 0 Å². The van der Waals surface area contributed by atoms with Crippen LogP contribution in [0.1, 0.15) is 26.2 Å². The average Bonchev–Trinajstić information content (AvgIpc) is 2.05. The smallest absolute Gasteiger partial charge is 0.153 e. The molecule has 3 heteroatoms. The second kappa shape index (κ2) is 4.02. The van der Waals surface area contributed by atoms with E-state index in [0.717, 1.165) is 25.9 Å². The maximum atomic E-state index is 13.0. The molecule has 66 valence electrons. The molecule has 0 radical (unpaired) electrons. The predicted octanol–water partition coefficient (Wildman–Crippen LogP) is 1.12. The van der Waals surface area contributed by atoms with Crippen molar-refractivity contribution in [1.29, 1.82) is 0 Å². The minimum atomic E-state index is -0.748. The molecule has 0 aromatic carbocycles. The van der Waals surface area contributed by atoms with Gasteiger partial charge in [-0.2, -0.15) is 0 Å². The highest BCUT2D eigenvalue weighted by Gasteiger charge is 2.21. The normalized spacial score (nSPS) is 25.4. The summed E-state index contributed by atoms with van der Waals surface area (Å²) in [6.07, 6.45) is 1.73. The molecule has 1 atom stereocenters. The highest BCUT2D eigenvalue weighted by molar-refractivity contribution is 4.75. The summed E-state index contributed by atoms with van der Waals surface area (Å²) in [5, 5.41) is 0. The molecule has 1 unspecified atom stereocenters. The van der Waals surface area contributed by atoms with Crippen molar-refractivity contribution in [3.63, 3.8) is 0 Å². The molecular weight excluding hydrogens is 143 g/mol. The van der Waals surface area contributed by atoms with Crippen molar-refractivity contribution in [3.8, 4) is 0 Å². The lowest BCUT2D eigenvalue weighted by atomic mass is 10.1. The number of rotatable bonds is 2. The van der Waals surface area contributed by atoms with Crippen molar-refractivity contribution >= 4 is 0 Å². The Bertz CT molecular complexity index is 111. The molecule has 2 N–H and O–H groups in total. The van der Waals surface area contributed by atoms with Gasteiger partial charge in [-0.1, -0.05) is 6.92 Å². The third-order valence-electron chi connectivity index (χ3n) is 2.31. The van der Waals surface area contributed by atoms with Gasteiger partial charge in [0.25, 0.3) is 0 Å². The fourth-order valence-corrected chi connectivity index (χ4v) is 1.46. The van der Waals surface area contributed by atoms with E-state index in [1.807, 2.05) is 11.8 Å². The first-order valence-corrected chi connectivity index (χ1v) is 4.37. The maximum absolute atomic E-state index is 13.0. The van der Waals surface area contributed by atoms with Crippen LogP contribution in [0.4, 0.5) is 4.39 Å². The van der Waals surface area contributed by atoms with Crippen LogP contribution in [0, 0.1) is 0 Å². The van der Waals surface area contributed by atoms with Crippen LogP contribution in [0.15, 0.2) is 0 Å². The molecule has 2 nitrogen and oxygen atoms in total. The van der Waals surface area contributed by atoms with Crippen molar-refractivity contribution in [2.75, 3.05) is 13.1 Å². The molecule has 1 heterocycles. The van der Waals surface area contributed by atoms with Gasteiger partial charge in [-0.05, 0) is 19.3 Å². The molecular formula is C8H17FN2. The molecule has 1 fully saturated rings. The number of nitrogens with zero attached hydrogens (tertiary/aromatic N) is 1. The van der Waals surface area contributed by atoms with Gasteiger partial charge in [0.05, 0.1) is 0 Å². The molecule has 0 aromatic heterocycles. The molecule has 1 aliphatic heterocycles. The number of hydrogen-bond acceptors (Lipinski definition) is 2. The van der Waals surface area contributed by atoms with Crippen molar-refractivity contribution in [1.82, 2.24) is 4.90 Å². The van der Waals surface area contributed by atoms with E-state index >= 15 is 0 Å². The summed E-state index contributed by atoms with van der Waals surface area (Å²) in [4.78, 5) is 1.88. The van der Waals surface area contributed by atoms with E-state index in [1.165, 1.54) is 0 Å². The second-order valence-corrected chi connectivity index (χ2v) is 3.22. The van der Waals surface area contributed by atoms with Crippen LogP contribution in [0.2, 0.25) is 0 Å². The summed E-state index contributed by atoms with van der Waals surface area (Å²) in [6.45, 7) is 3.53. The lowest BCUT2D eigenvalue weighted by Crippen LogP contribution is -2.43. The quantitative estimate of drug-likeness (QED) is 0.613. The molecule has 0 saturated carbocycles. The van der Waals surface area contributed by atoms with Crippen molar-refractivity contribution in [2.24, 2.45) is 5.73 Å². The number of piperidine rings is 1. The molecule has 1 aliphatic rings. The molecule has 0 spiro atoms. The van der Waals surface area contributed by atoms with Crippen LogP contribution in [0.3, 0.4) is 0 Å². The summed E-state index contributed by atoms with van der Waals surface area (Å²) in [7, 11) is 0. The van der Waals surface area contributed by atoms with E-state index in [4.69, 9.17) is 5.73 Å². The molecule has 1 rings (SSSR count). The van der Waals surface area contributed by atoms with Gasteiger partial charge in [-0.15, -0.1) is 0 Å². The summed E-state index contributed by atoms with van der Waals surface area (Å²) in [6, 6.07) is 0.301. The van der Waals surface area contributed by atoms with Gasteiger partial charge < -0.3 is 5.73 Å². The number of halogens is 1. The Morgan fingerprint density at radius 1 is 1.55 bits per heavy atom. The summed E-state index contributed by atoms with van der Waals surface area (Å²) >= 11 is 0. The summed E-state index contributed by atoms with van der Waals surface area (Å²) in [5.41, 5.74) is 5.69. The Morgan fingerprint density at radius 2 is 2.09 bits per heavy atom. The minimum Gasteiger partial charge on any atom is -0.328 e. The Kier molecular flexibility index (Phi) is 3.27. The van der Waals surface area contributed by atoms with Gasteiger partial charge in [0.1, 0.15) is 0 Å². The Morgan fingerprint density at radius 3 is 2.55 bits per heavy atom. The lowest BCUT2D eigenvalue weighted by molar-refractivity contribution is 0.0563. The molecule has 0 amide bonds. The number of nitrogens with two attached hydrogens (primary N) is 1. The minimum absolute atomic E-state index is 0.301. The van der Waals surface area contributed by atoms with Gasteiger partial charge >= 0.3 is 0 Å². The summed E-state index contributed by atoms with van der Waals surface area (Å²) in [5.74, 6) is 0. The van der Waals surface area contributed by atoms with E-state index in [9.17, 15) is 4.39 Å². The third kappa shape index (κ3) is 2.42. The van der Waals surface area contributed by atoms with E-state index in [0.29, 0.717) is 12.5 Å². The van der Waals surface area contributed by atoms with Crippen molar-refractivity contribution in [3.05, 3.63) is 0 Å². The first kappa shape index (κ1) is 8.94. The van der Waals surface area contributed by atoms with Crippen LogP contribution in [-0.4, -0.2) is 30.3 Å². The fraction of sp³-hybridized carbons (Fsp3) is 1.00. The van der Waals surface area contributed by atoms with Gasteiger partial charge in [0.2, 0.25) is 0 Å². The maximum Gasteiger partial charge on any atom is 0.153 e. The zero-order valence-corrected chi connectivity index (χ0v) is 7.09. The standard InChI is InChI=1S/C8H17FN2/c1-2-8(9)11-5-3-7(10)4-6-11/h7-8H,2-6,10H2,1H3. The van der Waals surface area contributed by atoms with E-state index in [2.05, 4.69) is 0 Å². The fourth-order valence-electron chi connectivity index (χ4n) is 1.46. The van der Waals surface area contributed by atoms with E-state index < -0.39 is 6.30 Å². The Hall–Kier alpha value is -0.150. The SMILES string of the molecule is CCC(F)N1CCC(N)CC1. The largest absolute Gasteiger partial charge is 0.328 e. The molecule has 1 saturated heterocycles. The average molecular weight is 160 g/mol. The highest BCUT2D eigenvalue weighted by atomic mass is 19.1. The van der Waals surface area contributed by atoms with Crippen LogP contribution in [0.25, 0.3) is 0 Å². The first-order valence-electron chi connectivity index (χ1n) is 4.37. The van der Waals surface area contributed by atoms with Gasteiger partial charge in [0, 0.05) is 19.1 Å². The predicted molar refractivity (Wildman–Crippen MR) is 44.0 cm³/mol. The zero-order valence-electron chi connectivity index (χ0n) is 7.09. The van der Waals surface area contributed by atoms with Gasteiger partial charge in [0.15, 0.2) is 6.30 Å².